The second-order valence-electron chi connectivity index (χ2n) is 1.59. The standard InChI is InChI=1S/C4H10NOP/c1-7-5-3-2-4-6-7/h5H,2-4H2,1H3. The zero-order valence-corrected chi connectivity index (χ0v) is 5.37. The first kappa shape index (κ1) is 5.49. The van der Waals surface area contributed by atoms with Gasteiger partial charge < -0.3 is 4.52 Å². The minimum atomic E-state index is -0.242. The quantitative estimate of drug-likeness (QED) is 0.479. The van der Waals surface area contributed by atoms with E-state index in [0.717, 1.165) is 13.2 Å². The van der Waals surface area contributed by atoms with Gasteiger partial charge in [0.1, 0.15) is 0 Å². The molecule has 1 fully saturated rings. The highest BCUT2D eigenvalue weighted by molar-refractivity contribution is 7.49. The topological polar surface area (TPSA) is 21.3 Å². The van der Waals surface area contributed by atoms with Gasteiger partial charge in [-0.25, -0.2) is 0 Å². The second kappa shape index (κ2) is 2.61. The summed E-state index contributed by atoms with van der Waals surface area (Å²) in [6.45, 7) is 4.19. The molecule has 1 saturated heterocycles. The third-order valence-corrected chi connectivity index (χ3v) is 2.18. The maximum atomic E-state index is 5.23. The van der Waals surface area contributed by atoms with Gasteiger partial charge in [0, 0.05) is 6.54 Å². The summed E-state index contributed by atoms with van der Waals surface area (Å²) in [5.41, 5.74) is 0. The molecule has 1 aliphatic heterocycles. The lowest BCUT2D eigenvalue weighted by Gasteiger charge is -2.18. The van der Waals surface area contributed by atoms with Gasteiger partial charge in [0.25, 0.3) is 0 Å². The highest BCUT2D eigenvalue weighted by atomic mass is 31.2. The van der Waals surface area contributed by atoms with E-state index in [9.17, 15) is 0 Å². The molecule has 0 bridgehead atoms. The summed E-state index contributed by atoms with van der Waals surface area (Å²) in [5, 5.41) is 3.22. The lowest BCUT2D eigenvalue weighted by molar-refractivity contribution is 0.319. The molecular formula is C4H10NOP. The summed E-state index contributed by atoms with van der Waals surface area (Å²) in [7, 11) is -0.242. The fourth-order valence-corrected chi connectivity index (χ4v) is 1.52. The molecule has 0 aromatic carbocycles. The molecule has 0 radical (unpaired) electrons. The van der Waals surface area contributed by atoms with Crippen LogP contribution in [0, 0.1) is 0 Å². The molecular weight excluding hydrogens is 109 g/mol. The summed E-state index contributed by atoms with van der Waals surface area (Å²) in [6.07, 6.45) is 1.17. The van der Waals surface area contributed by atoms with Gasteiger partial charge in [-0.2, -0.15) is 0 Å². The van der Waals surface area contributed by atoms with Gasteiger partial charge in [-0.15, -0.1) is 0 Å². The summed E-state index contributed by atoms with van der Waals surface area (Å²) < 4.78 is 5.23. The maximum Gasteiger partial charge on any atom is 0.0978 e. The highest BCUT2D eigenvalue weighted by Gasteiger charge is 2.04. The lowest BCUT2D eigenvalue weighted by atomic mass is 10.5. The number of rotatable bonds is 0. The lowest BCUT2D eigenvalue weighted by Crippen LogP contribution is -2.17. The molecule has 2 nitrogen and oxygen atoms in total. The van der Waals surface area contributed by atoms with E-state index < -0.39 is 0 Å². The van der Waals surface area contributed by atoms with Crippen LogP contribution in [-0.4, -0.2) is 19.8 Å². The maximum absolute atomic E-state index is 5.23. The van der Waals surface area contributed by atoms with E-state index >= 15 is 0 Å². The molecule has 1 unspecified atom stereocenters. The van der Waals surface area contributed by atoms with Crippen LogP contribution in [0.25, 0.3) is 0 Å². The van der Waals surface area contributed by atoms with Crippen LogP contribution in [0.1, 0.15) is 6.42 Å². The summed E-state index contributed by atoms with van der Waals surface area (Å²) in [5.74, 6) is 0. The summed E-state index contributed by atoms with van der Waals surface area (Å²) in [6, 6.07) is 0. The summed E-state index contributed by atoms with van der Waals surface area (Å²) >= 11 is 0. The van der Waals surface area contributed by atoms with Gasteiger partial charge >= 0.3 is 0 Å². The Bertz CT molecular complexity index is 53.7. The average Bonchev–Trinajstić information content (AvgIpc) is 1.69. The molecule has 1 rings (SSSR count). The highest BCUT2D eigenvalue weighted by Crippen LogP contribution is 2.28. The first-order valence-electron chi connectivity index (χ1n) is 2.50. The van der Waals surface area contributed by atoms with Crippen LogP contribution in [0.15, 0.2) is 0 Å². The predicted molar refractivity (Wildman–Crippen MR) is 31.4 cm³/mol. The Hall–Kier alpha value is 0.350. The molecule has 0 saturated carbocycles. The predicted octanol–water partition coefficient (Wildman–Crippen LogP) is 0.938. The second-order valence-corrected chi connectivity index (χ2v) is 3.16. The molecule has 7 heavy (non-hydrogen) atoms. The van der Waals surface area contributed by atoms with E-state index in [4.69, 9.17) is 4.52 Å². The molecule has 1 atom stereocenters. The molecule has 0 amide bonds. The Balaban J connectivity index is 2.12. The monoisotopic (exact) mass is 119 g/mol. The van der Waals surface area contributed by atoms with E-state index in [-0.39, 0.29) is 8.30 Å². The molecule has 1 N–H and O–H groups in total. The van der Waals surface area contributed by atoms with Gasteiger partial charge in [0.05, 0.1) is 14.9 Å². The Labute approximate surface area is 45.1 Å². The van der Waals surface area contributed by atoms with Gasteiger partial charge in [-0.3, -0.25) is 5.09 Å². The molecule has 0 aromatic heterocycles. The average molecular weight is 119 g/mol. The van der Waals surface area contributed by atoms with Crippen LogP contribution >= 0.6 is 8.30 Å². The minimum absolute atomic E-state index is 0.242. The Kier molecular flexibility index (Phi) is 2.04. The van der Waals surface area contributed by atoms with Crippen molar-refractivity contribution in [3.63, 3.8) is 0 Å². The van der Waals surface area contributed by atoms with Crippen LogP contribution in [0.2, 0.25) is 0 Å². The van der Waals surface area contributed by atoms with Crippen molar-refractivity contribution >= 4 is 8.30 Å². The Morgan fingerprint density at radius 3 is 2.86 bits per heavy atom. The van der Waals surface area contributed by atoms with Crippen molar-refractivity contribution in [2.24, 2.45) is 0 Å². The van der Waals surface area contributed by atoms with Crippen LogP contribution in [0.5, 0.6) is 0 Å². The number of nitrogens with one attached hydrogen (secondary N) is 1. The largest absolute Gasteiger partial charge is 0.344 e. The van der Waals surface area contributed by atoms with Crippen LogP contribution in [0.4, 0.5) is 0 Å². The molecule has 1 aliphatic rings. The number of hydrogen-bond acceptors (Lipinski definition) is 2. The van der Waals surface area contributed by atoms with Crippen molar-refractivity contribution in [1.82, 2.24) is 5.09 Å². The van der Waals surface area contributed by atoms with Crippen LogP contribution in [-0.2, 0) is 4.52 Å². The molecule has 1 heterocycles. The fraction of sp³-hybridized carbons (Fsp3) is 1.00. The van der Waals surface area contributed by atoms with Crippen molar-refractivity contribution in [2.45, 2.75) is 6.42 Å². The van der Waals surface area contributed by atoms with Gasteiger partial charge in [-0.1, -0.05) is 0 Å². The Morgan fingerprint density at radius 2 is 2.57 bits per heavy atom. The Morgan fingerprint density at radius 1 is 1.71 bits per heavy atom. The molecule has 42 valence electrons. The fourth-order valence-electron chi connectivity index (χ4n) is 0.556. The van der Waals surface area contributed by atoms with Crippen molar-refractivity contribution in [3.8, 4) is 0 Å². The van der Waals surface area contributed by atoms with Gasteiger partial charge in [0.2, 0.25) is 0 Å². The van der Waals surface area contributed by atoms with E-state index in [1.165, 1.54) is 6.42 Å². The third-order valence-electron chi connectivity index (χ3n) is 0.941. The molecule has 0 aromatic rings. The van der Waals surface area contributed by atoms with Crippen LogP contribution in [0.3, 0.4) is 0 Å². The molecule has 0 aliphatic carbocycles. The SMILES string of the molecule is CP1NCCCO1. The van der Waals surface area contributed by atoms with Crippen molar-refractivity contribution in [2.75, 3.05) is 19.8 Å². The minimum Gasteiger partial charge on any atom is -0.344 e. The van der Waals surface area contributed by atoms with Crippen LogP contribution < -0.4 is 5.09 Å². The zero-order valence-electron chi connectivity index (χ0n) is 4.48. The van der Waals surface area contributed by atoms with E-state index in [2.05, 4.69) is 11.8 Å². The first-order chi connectivity index (χ1) is 3.39. The van der Waals surface area contributed by atoms with E-state index in [1.54, 1.807) is 0 Å². The van der Waals surface area contributed by atoms with E-state index in [0.29, 0.717) is 0 Å². The van der Waals surface area contributed by atoms with Gasteiger partial charge in [0.15, 0.2) is 0 Å². The van der Waals surface area contributed by atoms with Gasteiger partial charge in [-0.05, 0) is 13.1 Å². The van der Waals surface area contributed by atoms with Crippen molar-refractivity contribution < 1.29 is 4.52 Å². The zero-order chi connectivity index (χ0) is 5.11. The number of hydrogen-bond donors (Lipinski definition) is 1. The van der Waals surface area contributed by atoms with E-state index in [1.807, 2.05) is 0 Å². The first-order valence-corrected chi connectivity index (χ1v) is 4.20. The van der Waals surface area contributed by atoms with Crippen molar-refractivity contribution in [3.05, 3.63) is 0 Å². The molecule has 0 spiro atoms. The third kappa shape index (κ3) is 1.72. The molecule has 3 heteroatoms. The summed E-state index contributed by atoms with van der Waals surface area (Å²) in [4.78, 5) is 0. The smallest absolute Gasteiger partial charge is 0.0978 e. The van der Waals surface area contributed by atoms with Crippen molar-refractivity contribution in [1.29, 1.82) is 0 Å². The normalized spacial score (nSPS) is 33.0.